The molecular weight excluding hydrogens is 342 g/mol. The zero-order chi connectivity index (χ0) is 19.0. The molecule has 1 unspecified atom stereocenters. The molecule has 27 heavy (non-hydrogen) atoms. The van der Waals surface area contributed by atoms with Crippen LogP contribution in [0.25, 0.3) is 0 Å². The van der Waals surface area contributed by atoms with Crippen LogP contribution in [0.1, 0.15) is 67.1 Å². The maximum atomic E-state index is 13.1. The summed E-state index contributed by atoms with van der Waals surface area (Å²) in [4.78, 5) is 45.2. The third-order valence-corrected chi connectivity index (χ3v) is 6.53. The maximum absolute atomic E-state index is 13.1. The van der Waals surface area contributed by atoms with Crippen molar-refractivity contribution < 1.29 is 9.59 Å². The van der Waals surface area contributed by atoms with Crippen molar-refractivity contribution in [1.82, 2.24) is 14.8 Å². The van der Waals surface area contributed by atoms with Crippen LogP contribution in [0.5, 0.6) is 0 Å². The van der Waals surface area contributed by atoms with Gasteiger partial charge >= 0.3 is 0 Å². The lowest BCUT2D eigenvalue weighted by Gasteiger charge is -2.39. The largest absolute Gasteiger partial charge is 0.342 e. The molecule has 3 aliphatic rings. The fourth-order valence-electron chi connectivity index (χ4n) is 5.06. The van der Waals surface area contributed by atoms with E-state index in [9.17, 15) is 14.4 Å². The molecule has 6 heteroatoms. The molecule has 1 aliphatic carbocycles. The second-order valence-electron chi connectivity index (χ2n) is 8.38. The normalized spacial score (nSPS) is 25.1. The summed E-state index contributed by atoms with van der Waals surface area (Å²) in [6.45, 7) is 4.70. The first-order valence-corrected chi connectivity index (χ1v) is 10.4. The number of hydrogen-bond acceptors (Lipinski definition) is 3. The van der Waals surface area contributed by atoms with Gasteiger partial charge in [0.2, 0.25) is 5.91 Å². The lowest BCUT2D eigenvalue weighted by molar-refractivity contribution is -0.145. The molecule has 1 N–H and O–H groups in total. The Bertz CT molecular complexity index is 813. The van der Waals surface area contributed by atoms with Gasteiger partial charge in [-0.15, -0.1) is 0 Å². The van der Waals surface area contributed by atoms with Crippen LogP contribution >= 0.6 is 0 Å². The Morgan fingerprint density at radius 3 is 2.78 bits per heavy atom. The number of amides is 2. The molecule has 2 fully saturated rings. The van der Waals surface area contributed by atoms with E-state index in [4.69, 9.17) is 0 Å². The number of nitrogens with one attached hydrogen (secondary N) is 1. The molecule has 2 aliphatic heterocycles. The minimum Gasteiger partial charge on any atom is -0.342 e. The lowest BCUT2D eigenvalue weighted by Crippen LogP contribution is -2.50. The Balaban J connectivity index is 1.55. The Morgan fingerprint density at radius 2 is 1.96 bits per heavy atom. The number of likely N-dealkylation sites (tertiary alicyclic amines) is 2. The molecule has 146 valence electrons. The fraction of sp³-hybridized carbons (Fsp3) is 0.667. The predicted molar refractivity (Wildman–Crippen MR) is 103 cm³/mol. The molecule has 1 atom stereocenters. The minimum absolute atomic E-state index is 0.199. The van der Waals surface area contributed by atoms with Crippen molar-refractivity contribution in [3.05, 3.63) is 33.2 Å². The minimum atomic E-state index is -0.440. The molecule has 0 saturated carbocycles. The average Bonchev–Trinajstić information content (AvgIpc) is 3.10. The van der Waals surface area contributed by atoms with Crippen LogP contribution in [-0.2, 0) is 17.6 Å². The topological polar surface area (TPSA) is 73.5 Å². The molecule has 6 nitrogen and oxygen atoms in total. The van der Waals surface area contributed by atoms with Crippen LogP contribution in [0, 0.1) is 5.41 Å². The van der Waals surface area contributed by atoms with Crippen LogP contribution < -0.4 is 5.56 Å². The number of H-pyrrole nitrogens is 1. The van der Waals surface area contributed by atoms with Crippen LogP contribution in [0.3, 0.4) is 0 Å². The number of piperidine rings is 1. The summed E-state index contributed by atoms with van der Waals surface area (Å²) in [6.07, 6.45) is 7.48. The van der Waals surface area contributed by atoms with Crippen molar-refractivity contribution >= 4 is 11.8 Å². The molecule has 2 saturated heterocycles. The lowest BCUT2D eigenvalue weighted by atomic mass is 9.78. The highest BCUT2D eigenvalue weighted by molar-refractivity contribution is 5.95. The third kappa shape index (κ3) is 3.19. The molecule has 0 aromatic carbocycles. The molecule has 2 amide bonds. The van der Waals surface area contributed by atoms with E-state index in [-0.39, 0.29) is 22.9 Å². The number of carbonyl (C=O) groups excluding carboxylic acids is 2. The average molecular weight is 371 g/mol. The molecule has 1 aromatic heterocycles. The fourth-order valence-corrected chi connectivity index (χ4v) is 5.06. The second-order valence-corrected chi connectivity index (χ2v) is 8.38. The monoisotopic (exact) mass is 371 g/mol. The van der Waals surface area contributed by atoms with Crippen molar-refractivity contribution in [2.24, 2.45) is 5.41 Å². The van der Waals surface area contributed by atoms with Crippen LogP contribution in [-0.4, -0.2) is 52.8 Å². The van der Waals surface area contributed by atoms with Gasteiger partial charge in [0.25, 0.3) is 11.5 Å². The van der Waals surface area contributed by atoms with E-state index >= 15 is 0 Å². The highest BCUT2D eigenvalue weighted by atomic mass is 16.2. The number of aryl methyl sites for hydroxylation is 2. The SMILES string of the molecule is CCCN1CCCC2(CCN(C(=O)c3cc4c([nH]c3=O)CCCC4)C2)C1=O. The number of carbonyl (C=O) groups is 2. The number of fused-ring (bicyclic) bond motifs is 1. The van der Waals surface area contributed by atoms with Gasteiger partial charge in [-0.05, 0) is 63.0 Å². The second kappa shape index (κ2) is 7.13. The van der Waals surface area contributed by atoms with E-state index in [1.165, 1.54) is 0 Å². The first-order valence-electron chi connectivity index (χ1n) is 10.4. The van der Waals surface area contributed by atoms with E-state index < -0.39 is 5.41 Å². The van der Waals surface area contributed by atoms with Gasteiger partial charge in [-0.25, -0.2) is 0 Å². The zero-order valence-electron chi connectivity index (χ0n) is 16.2. The molecular formula is C21H29N3O3. The third-order valence-electron chi connectivity index (χ3n) is 6.53. The van der Waals surface area contributed by atoms with Crippen LogP contribution in [0.2, 0.25) is 0 Å². The van der Waals surface area contributed by atoms with Gasteiger partial charge in [0, 0.05) is 31.9 Å². The zero-order valence-corrected chi connectivity index (χ0v) is 16.2. The Hall–Kier alpha value is -2.11. The summed E-state index contributed by atoms with van der Waals surface area (Å²) < 4.78 is 0. The number of aromatic amines is 1. The number of rotatable bonds is 3. The van der Waals surface area contributed by atoms with Gasteiger partial charge in [0.1, 0.15) is 5.56 Å². The van der Waals surface area contributed by atoms with Crippen molar-refractivity contribution in [1.29, 1.82) is 0 Å². The smallest absolute Gasteiger partial charge is 0.261 e. The van der Waals surface area contributed by atoms with Crippen LogP contribution in [0.4, 0.5) is 0 Å². The number of nitrogens with zero attached hydrogens (tertiary/aromatic N) is 2. The number of hydrogen-bond donors (Lipinski definition) is 1. The van der Waals surface area contributed by atoms with Crippen molar-refractivity contribution in [2.75, 3.05) is 26.2 Å². The van der Waals surface area contributed by atoms with Gasteiger partial charge in [-0.2, -0.15) is 0 Å². The van der Waals surface area contributed by atoms with E-state index in [0.29, 0.717) is 19.5 Å². The van der Waals surface area contributed by atoms with Crippen LogP contribution in [0.15, 0.2) is 10.9 Å². The van der Waals surface area contributed by atoms with E-state index in [1.54, 1.807) is 11.0 Å². The highest BCUT2D eigenvalue weighted by Gasteiger charge is 2.49. The predicted octanol–water partition coefficient (Wildman–Crippen LogP) is 2.12. The van der Waals surface area contributed by atoms with Gasteiger partial charge in [-0.1, -0.05) is 6.92 Å². The Morgan fingerprint density at radius 1 is 1.15 bits per heavy atom. The summed E-state index contributed by atoms with van der Waals surface area (Å²) in [5, 5.41) is 0. The van der Waals surface area contributed by atoms with Crippen molar-refractivity contribution in [2.45, 2.75) is 58.3 Å². The van der Waals surface area contributed by atoms with Gasteiger partial charge in [0.05, 0.1) is 5.41 Å². The number of pyridine rings is 1. The summed E-state index contributed by atoms with van der Waals surface area (Å²) >= 11 is 0. The Kier molecular flexibility index (Phi) is 4.82. The first-order chi connectivity index (χ1) is 13.0. The first kappa shape index (κ1) is 18.3. The summed E-state index contributed by atoms with van der Waals surface area (Å²) in [7, 11) is 0. The van der Waals surface area contributed by atoms with Gasteiger partial charge in [-0.3, -0.25) is 14.4 Å². The van der Waals surface area contributed by atoms with Gasteiger partial charge in [0.15, 0.2) is 0 Å². The maximum Gasteiger partial charge on any atom is 0.261 e. The molecule has 1 aromatic rings. The van der Waals surface area contributed by atoms with E-state index in [0.717, 1.165) is 69.3 Å². The molecule has 4 rings (SSSR count). The molecule has 1 spiro atoms. The summed E-state index contributed by atoms with van der Waals surface area (Å²) in [5.74, 6) is -0.0211. The molecule has 0 radical (unpaired) electrons. The van der Waals surface area contributed by atoms with Crippen molar-refractivity contribution in [3.63, 3.8) is 0 Å². The van der Waals surface area contributed by atoms with Gasteiger partial charge < -0.3 is 14.8 Å². The summed E-state index contributed by atoms with van der Waals surface area (Å²) in [6, 6.07) is 1.80. The highest BCUT2D eigenvalue weighted by Crippen LogP contribution is 2.40. The Labute approximate surface area is 159 Å². The van der Waals surface area contributed by atoms with Crippen molar-refractivity contribution in [3.8, 4) is 0 Å². The quantitative estimate of drug-likeness (QED) is 0.884. The number of aromatic nitrogens is 1. The van der Waals surface area contributed by atoms with E-state index in [1.807, 2.05) is 4.90 Å². The standard InChI is InChI=1S/C21H29N3O3/c1-2-10-23-11-5-8-21(20(23)27)9-12-24(14-21)19(26)16-13-15-6-3-4-7-17(15)22-18(16)25/h13H,2-12,14H2,1H3,(H,22,25). The van der Waals surface area contributed by atoms with E-state index in [2.05, 4.69) is 11.9 Å². The molecule has 3 heterocycles. The molecule has 0 bridgehead atoms. The summed E-state index contributed by atoms with van der Waals surface area (Å²) in [5.41, 5.74) is 1.59.